The Bertz CT molecular complexity index is 663. The van der Waals surface area contributed by atoms with Crippen LogP contribution in [-0.4, -0.2) is 22.2 Å². The summed E-state index contributed by atoms with van der Waals surface area (Å²) in [5.41, 5.74) is 8.79. The predicted octanol–water partition coefficient (Wildman–Crippen LogP) is 2.90. The minimum Gasteiger partial charge on any atom is -0.478 e. The first-order valence-electron chi connectivity index (χ1n) is 6.83. The number of fused-ring (bicyclic) bond motifs is 1. The predicted molar refractivity (Wildman–Crippen MR) is 81.4 cm³/mol. The van der Waals surface area contributed by atoms with Crippen LogP contribution in [0.25, 0.3) is 10.9 Å². The van der Waals surface area contributed by atoms with Gasteiger partial charge in [-0.1, -0.05) is 20.8 Å². The van der Waals surface area contributed by atoms with E-state index >= 15 is 0 Å². The number of nitrogens with zero attached hydrogens (tertiary/aromatic N) is 1. The number of carbonyl (C=O) groups is 1. The lowest BCUT2D eigenvalue weighted by Crippen LogP contribution is -2.14. The second-order valence-corrected chi connectivity index (χ2v) is 6.27. The minimum atomic E-state index is -0.891. The van der Waals surface area contributed by atoms with E-state index in [0.717, 1.165) is 22.0 Å². The summed E-state index contributed by atoms with van der Waals surface area (Å²) in [6.45, 7) is 9.39. The van der Waals surface area contributed by atoms with E-state index in [4.69, 9.17) is 5.73 Å². The Balaban J connectivity index is 2.84. The average molecular weight is 274 g/mol. The van der Waals surface area contributed by atoms with Crippen LogP contribution in [-0.2, 0) is 12.0 Å². The number of benzene rings is 1. The van der Waals surface area contributed by atoms with Crippen LogP contribution in [0, 0.1) is 6.92 Å². The first kappa shape index (κ1) is 14.6. The van der Waals surface area contributed by atoms with Gasteiger partial charge in [-0.05, 0) is 35.6 Å². The zero-order chi connectivity index (χ0) is 15.1. The highest BCUT2D eigenvalue weighted by molar-refractivity contribution is 6.04. The van der Waals surface area contributed by atoms with Gasteiger partial charge in [0.2, 0.25) is 0 Å². The zero-order valence-electron chi connectivity index (χ0n) is 12.5. The van der Waals surface area contributed by atoms with Gasteiger partial charge in [-0.3, -0.25) is 0 Å². The molecule has 0 aliphatic heterocycles. The highest BCUT2D eigenvalue weighted by atomic mass is 16.4. The molecule has 0 aliphatic rings. The van der Waals surface area contributed by atoms with Crippen molar-refractivity contribution in [1.82, 2.24) is 4.57 Å². The molecular weight excluding hydrogens is 252 g/mol. The molecule has 4 heteroatoms. The second-order valence-electron chi connectivity index (χ2n) is 6.27. The van der Waals surface area contributed by atoms with Gasteiger partial charge >= 0.3 is 5.97 Å². The van der Waals surface area contributed by atoms with Crippen LogP contribution in [0.3, 0.4) is 0 Å². The summed E-state index contributed by atoms with van der Waals surface area (Å²) in [5, 5.41) is 10.5. The number of aromatic nitrogens is 1. The number of carboxylic acids is 1. The van der Waals surface area contributed by atoms with Crippen LogP contribution in [0.2, 0.25) is 0 Å². The van der Waals surface area contributed by atoms with E-state index in [1.165, 1.54) is 0 Å². The molecule has 3 N–H and O–H groups in total. The van der Waals surface area contributed by atoms with Gasteiger partial charge in [0.05, 0.1) is 11.1 Å². The summed E-state index contributed by atoms with van der Waals surface area (Å²) >= 11 is 0. The van der Waals surface area contributed by atoms with E-state index in [0.29, 0.717) is 18.7 Å². The van der Waals surface area contributed by atoms with Gasteiger partial charge in [-0.2, -0.15) is 0 Å². The molecule has 2 aromatic rings. The quantitative estimate of drug-likeness (QED) is 0.904. The summed E-state index contributed by atoms with van der Waals surface area (Å²) in [6.07, 6.45) is 1.98. The molecule has 0 amide bonds. The molecule has 0 aliphatic carbocycles. The molecule has 0 saturated carbocycles. The van der Waals surface area contributed by atoms with Crippen molar-refractivity contribution in [1.29, 1.82) is 0 Å². The Morgan fingerprint density at radius 3 is 2.50 bits per heavy atom. The molecule has 0 bridgehead atoms. The van der Waals surface area contributed by atoms with Crippen LogP contribution in [0.1, 0.15) is 42.3 Å². The first-order chi connectivity index (χ1) is 9.25. The normalized spacial score (nSPS) is 12.1. The van der Waals surface area contributed by atoms with Crippen molar-refractivity contribution in [2.75, 3.05) is 6.54 Å². The molecule has 0 spiro atoms. The SMILES string of the molecule is Cc1cn(CCN)c2c(C(=O)O)cc(C(C)(C)C)cc12. The molecule has 1 aromatic carbocycles. The maximum atomic E-state index is 11.6. The standard InChI is InChI=1S/C16H22N2O2/c1-10-9-18(6-5-17)14-12(10)7-11(16(2,3)4)8-13(14)15(19)20/h7-9H,5-6,17H2,1-4H3,(H,19,20). The molecular formula is C16H22N2O2. The molecule has 1 heterocycles. The van der Waals surface area contributed by atoms with E-state index < -0.39 is 5.97 Å². The highest BCUT2D eigenvalue weighted by Gasteiger charge is 2.21. The number of rotatable bonds is 3. The summed E-state index contributed by atoms with van der Waals surface area (Å²) in [5.74, 6) is -0.891. The Kier molecular flexibility index (Phi) is 3.61. The number of aryl methyl sites for hydroxylation is 1. The Labute approximate surface area is 119 Å². The summed E-state index contributed by atoms with van der Waals surface area (Å²) < 4.78 is 1.94. The van der Waals surface area contributed by atoms with Crippen LogP contribution in [0.4, 0.5) is 0 Å². The fourth-order valence-corrected chi connectivity index (χ4v) is 2.52. The van der Waals surface area contributed by atoms with E-state index in [2.05, 4.69) is 26.8 Å². The molecule has 108 valence electrons. The average Bonchev–Trinajstić information content (AvgIpc) is 2.65. The third-order valence-corrected chi connectivity index (χ3v) is 3.64. The van der Waals surface area contributed by atoms with Crippen molar-refractivity contribution in [3.63, 3.8) is 0 Å². The van der Waals surface area contributed by atoms with Crippen LogP contribution < -0.4 is 5.73 Å². The van der Waals surface area contributed by atoms with Crippen molar-refractivity contribution in [3.05, 3.63) is 35.0 Å². The highest BCUT2D eigenvalue weighted by Crippen LogP contribution is 2.31. The summed E-state index contributed by atoms with van der Waals surface area (Å²) in [7, 11) is 0. The van der Waals surface area contributed by atoms with Gasteiger partial charge in [0, 0.05) is 24.7 Å². The van der Waals surface area contributed by atoms with Crippen LogP contribution in [0.5, 0.6) is 0 Å². The topological polar surface area (TPSA) is 68.2 Å². The van der Waals surface area contributed by atoms with Gasteiger partial charge in [0.1, 0.15) is 0 Å². The molecule has 1 aromatic heterocycles. The maximum absolute atomic E-state index is 11.6. The fourth-order valence-electron chi connectivity index (χ4n) is 2.52. The van der Waals surface area contributed by atoms with Crippen molar-refractivity contribution in [2.45, 2.75) is 39.7 Å². The van der Waals surface area contributed by atoms with E-state index in [1.54, 1.807) is 6.07 Å². The molecule has 4 nitrogen and oxygen atoms in total. The lowest BCUT2D eigenvalue weighted by atomic mass is 9.85. The molecule has 0 fully saturated rings. The molecule has 0 atom stereocenters. The van der Waals surface area contributed by atoms with Gasteiger partial charge in [0.25, 0.3) is 0 Å². The maximum Gasteiger partial charge on any atom is 0.337 e. The van der Waals surface area contributed by atoms with Crippen molar-refractivity contribution in [2.24, 2.45) is 5.73 Å². The largest absolute Gasteiger partial charge is 0.478 e. The zero-order valence-corrected chi connectivity index (χ0v) is 12.5. The fraction of sp³-hybridized carbons (Fsp3) is 0.438. The van der Waals surface area contributed by atoms with Gasteiger partial charge in [-0.15, -0.1) is 0 Å². The third-order valence-electron chi connectivity index (χ3n) is 3.64. The molecule has 0 saturated heterocycles. The lowest BCUT2D eigenvalue weighted by molar-refractivity contribution is 0.0698. The number of hydrogen-bond acceptors (Lipinski definition) is 2. The summed E-state index contributed by atoms with van der Waals surface area (Å²) in [4.78, 5) is 11.6. The van der Waals surface area contributed by atoms with E-state index in [-0.39, 0.29) is 5.41 Å². The Morgan fingerprint density at radius 1 is 1.35 bits per heavy atom. The monoisotopic (exact) mass is 274 g/mol. The molecule has 20 heavy (non-hydrogen) atoms. The summed E-state index contributed by atoms with van der Waals surface area (Å²) in [6, 6.07) is 3.89. The third kappa shape index (κ3) is 2.43. The Hall–Kier alpha value is -1.81. The van der Waals surface area contributed by atoms with Crippen molar-refractivity contribution >= 4 is 16.9 Å². The second kappa shape index (κ2) is 4.94. The molecule has 0 unspecified atom stereocenters. The number of aromatic carboxylic acids is 1. The van der Waals surface area contributed by atoms with Crippen LogP contribution in [0.15, 0.2) is 18.3 Å². The lowest BCUT2D eigenvalue weighted by Gasteiger charge is -2.20. The Morgan fingerprint density at radius 2 is 2.00 bits per heavy atom. The van der Waals surface area contributed by atoms with Crippen molar-refractivity contribution in [3.8, 4) is 0 Å². The van der Waals surface area contributed by atoms with Gasteiger partial charge in [-0.25, -0.2) is 4.79 Å². The minimum absolute atomic E-state index is 0.0825. The smallest absolute Gasteiger partial charge is 0.337 e. The van der Waals surface area contributed by atoms with E-state index in [1.807, 2.05) is 17.7 Å². The number of nitrogens with two attached hydrogens (primary N) is 1. The van der Waals surface area contributed by atoms with Gasteiger partial charge < -0.3 is 15.4 Å². The molecule has 2 rings (SSSR count). The molecule has 0 radical (unpaired) electrons. The van der Waals surface area contributed by atoms with E-state index in [9.17, 15) is 9.90 Å². The number of carboxylic acid groups (broad SMARTS) is 1. The van der Waals surface area contributed by atoms with Crippen molar-refractivity contribution < 1.29 is 9.90 Å². The van der Waals surface area contributed by atoms with Crippen LogP contribution >= 0.6 is 0 Å². The first-order valence-corrected chi connectivity index (χ1v) is 6.83. The van der Waals surface area contributed by atoms with Gasteiger partial charge in [0.15, 0.2) is 0 Å². The number of hydrogen-bond donors (Lipinski definition) is 2.